The monoisotopic (exact) mass is 246 g/mol. The Morgan fingerprint density at radius 1 is 1.44 bits per heavy atom. The number of hydrogen-bond donors (Lipinski definition) is 0. The minimum absolute atomic E-state index is 0.0512. The van der Waals surface area contributed by atoms with Crippen LogP contribution in [0.4, 0.5) is 11.4 Å². The van der Waals surface area contributed by atoms with Gasteiger partial charge in [-0.3, -0.25) is 15.1 Å². The average molecular weight is 246 g/mol. The predicted octanol–water partition coefficient (Wildman–Crippen LogP) is 2.92. The lowest BCUT2D eigenvalue weighted by Crippen LogP contribution is -2.14. The zero-order chi connectivity index (χ0) is 13.5. The summed E-state index contributed by atoms with van der Waals surface area (Å²) in [6, 6.07) is 4.17. The van der Waals surface area contributed by atoms with Crippen LogP contribution in [0.25, 0.3) is 0 Å². The van der Waals surface area contributed by atoms with Gasteiger partial charge in [-0.15, -0.1) is 11.5 Å². The van der Waals surface area contributed by atoms with E-state index >= 15 is 0 Å². The van der Waals surface area contributed by atoms with Crippen LogP contribution in [0.15, 0.2) is 28.5 Å². The second-order valence-corrected chi connectivity index (χ2v) is 3.43. The van der Waals surface area contributed by atoms with E-state index in [1.807, 2.05) is 13.8 Å². The highest BCUT2D eigenvalue weighted by atomic mass is 16.6. The lowest BCUT2D eigenvalue weighted by molar-refractivity contribution is -0.384. The van der Waals surface area contributed by atoms with Gasteiger partial charge in [0.15, 0.2) is 0 Å². The van der Waals surface area contributed by atoms with Gasteiger partial charge in [0.2, 0.25) is 0 Å². The quantitative estimate of drug-likeness (QED) is 0.347. The molecule has 1 aromatic rings. The SMILES string of the molecule is C#Cc1cc([N+](=O)[O-])ccc1N=NN(CC)CC. The van der Waals surface area contributed by atoms with Gasteiger partial charge in [-0.25, -0.2) is 0 Å². The Bertz CT molecular complexity index is 501. The third-order valence-electron chi connectivity index (χ3n) is 2.36. The van der Waals surface area contributed by atoms with Gasteiger partial charge in [0.25, 0.3) is 5.69 Å². The summed E-state index contributed by atoms with van der Waals surface area (Å²) in [5, 5.41) is 20.4. The molecule has 0 fully saturated rings. The number of terminal acetylenes is 1. The number of non-ortho nitro benzene ring substituents is 1. The van der Waals surface area contributed by atoms with Gasteiger partial charge < -0.3 is 0 Å². The number of nitro groups is 1. The number of nitrogens with zero attached hydrogens (tertiary/aromatic N) is 4. The average Bonchev–Trinajstić information content (AvgIpc) is 2.39. The lowest BCUT2D eigenvalue weighted by atomic mass is 10.2. The molecule has 0 unspecified atom stereocenters. The summed E-state index contributed by atoms with van der Waals surface area (Å²) >= 11 is 0. The summed E-state index contributed by atoms with van der Waals surface area (Å²) in [6.07, 6.45) is 5.30. The van der Waals surface area contributed by atoms with Crippen molar-refractivity contribution in [2.24, 2.45) is 10.3 Å². The maximum atomic E-state index is 10.6. The van der Waals surface area contributed by atoms with E-state index in [9.17, 15) is 10.1 Å². The minimum atomic E-state index is -0.494. The molecule has 6 heteroatoms. The van der Waals surface area contributed by atoms with Crippen molar-refractivity contribution in [3.63, 3.8) is 0 Å². The summed E-state index contributed by atoms with van der Waals surface area (Å²) in [4.78, 5) is 10.1. The van der Waals surface area contributed by atoms with Crippen molar-refractivity contribution in [1.29, 1.82) is 0 Å². The number of benzene rings is 1. The highest BCUT2D eigenvalue weighted by Crippen LogP contribution is 2.24. The first-order valence-corrected chi connectivity index (χ1v) is 5.54. The van der Waals surface area contributed by atoms with Gasteiger partial charge >= 0.3 is 0 Å². The molecule has 1 aromatic carbocycles. The molecule has 6 nitrogen and oxygen atoms in total. The van der Waals surface area contributed by atoms with E-state index in [2.05, 4.69) is 16.3 Å². The lowest BCUT2D eigenvalue weighted by Gasteiger charge is -2.11. The topological polar surface area (TPSA) is 71.1 Å². The summed E-state index contributed by atoms with van der Waals surface area (Å²) < 4.78 is 0. The first kappa shape index (κ1) is 13.6. The Morgan fingerprint density at radius 3 is 2.61 bits per heavy atom. The second-order valence-electron chi connectivity index (χ2n) is 3.43. The molecule has 0 aliphatic rings. The van der Waals surface area contributed by atoms with Gasteiger partial charge in [0.1, 0.15) is 5.69 Å². The molecule has 0 aliphatic heterocycles. The molecule has 0 saturated heterocycles. The van der Waals surface area contributed by atoms with Crippen LogP contribution in [-0.2, 0) is 0 Å². The van der Waals surface area contributed by atoms with Gasteiger partial charge in [0.05, 0.1) is 10.5 Å². The Kier molecular flexibility index (Phi) is 4.81. The van der Waals surface area contributed by atoms with Crippen molar-refractivity contribution in [2.45, 2.75) is 13.8 Å². The number of hydrogen-bond acceptors (Lipinski definition) is 4. The van der Waals surface area contributed by atoms with Gasteiger partial charge in [-0.1, -0.05) is 11.1 Å². The Morgan fingerprint density at radius 2 is 2.11 bits per heavy atom. The Balaban J connectivity index is 3.04. The molecular formula is C12H14N4O2. The number of nitro benzene ring substituents is 1. The number of rotatable bonds is 5. The molecule has 0 saturated carbocycles. The van der Waals surface area contributed by atoms with E-state index in [0.717, 1.165) is 13.1 Å². The van der Waals surface area contributed by atoms with Crippen molar-refractivity contribution >= 4 is 11.4 Å². The molecule has 18 heavy (non-hydrogen) atoms. The molecule has 0 spiro atoms. The van der Waals surface area contributed by atoms with Crippen molar-refractivity contribution in [3.8, 4) is 12.3 Å². The van der Waals surface area contributed by atoms with Gasteiger partial charge in [-0.2, -0.15) is 0 Å². The second kappa shape index (κ2) is 6.35. The van der Waals surface area contributed by atoms with Crippen LogP contribution in [0.1, 0.15) is 19.4 Å². The predicted molar refractivity (Wildman–Crippen MR) is 68.5 cm³/mol. The highest BCUT2D eigenvalue weighted by molar-refractivity contribution is 5.58. The van der Waals surface area contributed by atoms with Crippen molar-refractivity contribution in [1.82, 2.24) is 5.01 Å². The third-order valence-corrected chi connectivity index (χ3v) is 2.36. The molecule has 0 N–H and O–H groups in total. The van der Waals surface area contributed by atoms with E-state index in [-0.39, 0.29) is 5.69 Å². The maximum Gasteiger partial charge on any atom is 0.270 e. The van der Waals surface area contributed by atoms with Crippen molar-refractivity contribution < 1.29 is 4.92 Å². The molecule has 0 heterocycles. The van der Waals surface area contributed by atoms with Crippen molar-refractivity contribution in [2.75, 3.05) is 13.1 Å². The van der Waals surface area contributed by atoms with E-state index in [1.54, 1.807) is 5.01 Å². The molecule has 0 amide bonds. The van der Waals surface area contributed by atoms with Crippen LogP contribution in [0.2, 0.25) is 0 Å². The van der Waals surface area contributed by atoms with E-state index in [4.69, 9.17) is 6.42 Å². The van der Waals surface area contributed by atoms with Crippen LogP contribution in [-0.4, -0.2) is 23.0 Å². The largest absolute Gasteiger partial charge is 0.279 e. The fourth-order valence-electron chi connectivity index (χ4n) is 1.30. The molecule has 0 aliphatic carbocycles. The first-order chi connectivity index (χ1) is 8.62. The van der Waals surface area contributed by atoms with Crippen LogP contribution < -0.4 is 0 Å². The molecule has 1 rings (SSSR count). The Labute approximate surface area is 105 Å². The van der Waals surface area contributed by atoms with Crippen LogP contribution in [0.3, 0.4) is 0 Å². The van der Waals surface area contributed by atoms with Gasteiger partial charge in [-0.05, 0) is 19.9 Å². The Hall–Kier alpha value is -2.42. The minimum Gasteiger partial charge on any atom is -0.279 e. The van der Waals surface area contributed by atoms with E-state index in [1.165, 1.54) is 18.2 Å². The van der Waals surface area contributed by atoms with Crippen LogP contribution >= 0.6 is 0 Å². The standard InChI is InChI=1S/C12H14N4O2/c1-4-10-9-11(16(17)18)7-8-12(10)13-14-15(5-2)6-3/h1,7-9H,5-6H2,2-3H3. The molecular weight excluding hydrogens is 232 g/mol. The summed E-state index contributed by atoms with van der Waals surface area (Å²) in [7, 11) is 0. The van der Waals surface area contributed by atoms with Gasteiger partial charge in [0, 0.05) is 25.2 Å². The fourth-order valence-corrected chi connectivity index (χ4v) is 1.30. The zero-order valence-electron chi connectivity index (χ0n) is 10.3. The van der Waals surface area contributed by atoms with Crippen molar-refractivity contribution in [3.05, 3.63) is 33.9 Å². The normalized spacial score (nSPS) is 10.3. The van der Waals surface area contributed by atoms with Crippen LogP contribution in [0.5, 0.6) is 0 Å². The van der Waals surface area contributed by atoms with E-state index < -0.39 is 4.92 Å². The molecule has 94 valence electrons. The van der Waals surface area contributed by atoms with E-state index in [0.29, 0.717) is 11.3 Å². The highest BCUT2D eigenvalue weighted by Gasteiger charge is 2.09. The smallest absolute Gasteiger partial charge is 0.270 e. The first-order valence-electron chi connectivity index (χ1n) is 5.54. The molecule has 0 aromatic heterocycles. The zero-order valence-corrected chi connectivity index (χ0v) is 10.3. The molecule has 0 atom stereocenters. The summed E-state index contributed by atoms with van der Waals surface area (Å²) in [5.74, 6) is 2.37. The molecule has 0 radical (unpaired) electrons. The van der Waals surface area contributed by atoms with Crippen LogP contribution in [0, 0.1) is 22.5 Å². The third kappa shape index (κ3) is 3.28. The maximum absolute atomic E-state index is 10.6. The fraction of sp³-hybridized carbons (Fsp3) is 0.333. The molecule has 0 bridgehead atoms. The summed E-state index contributed by atoms with van der Waals surface area (Å²) in [5.41, 5.74) is 0.764. The summed E-state index contributed by atoms with van der Waals surface area (Å²) in [6.45, 7) is 5.39.